The van der Waals surface area contributed by atoms with E-state index in [1.54, 1.807) is 6.07 Å². The number of phenolic OH excluding ortho intramolecular Hbond substituents is 1. The Balaban J connectivity index is 0.00000161. The lowest BCUT2D eigenvalue weighted by Crippen LogP contribution is -2.12. The zero-order valence-electron chi connectivity index (χ0n) is 11.2. The SMILES string of the molecule is Cl.NC(c1cccc(Br)c1)c1c(O)ccc2ccccc12. The van der Waals surface area contributed by atoms with Crippen LogP contribution >= 0.6 is 28.3 Å². The molecule has 3 aromatic rings. The maximum atomic E-state index is 10.2. The van der Waals surface area contributed by atoms with E-state index in [4.69, 9.17) is 5.73 Å². The summed E-state index contributed by atoms with van der Waals surface area (Å²) in [6.45, 7) is 0. The van der Waals surface area contributed by atoms with E-state index in [9.17, 15) is 5.11 Å². The summed E-state index contributed by atoms with van der Waals surface area (Å²) in [6.07, 6.45) is 0. The molecule has 0 aromatic heterocycles. The first-order valence-corrected chi connectivity index (χ1v) is 7.18. The van der Waals surface area contributed by atoms with E-state index in [1.165, 1.54) is 0 Å². The normalized spacial score (nSPS) is 11.9. The largest absolute Gasteiger partial charge is 0.508 e. The molecule has 0 radical (unpaired) electrons. The maximum absolute atomic E-state index is 10.2. The van der Waals surface area contributed by atoms with E-state index >= 15 is 0 Å². The minimum Gasteiger partial charge on any atom is -0.508 e. The topological polar surface area (TPSA) is 46.2 Å². The second-order valence-corrected chi connectivity index (χ2v) is 5.67. The molecule has 1 atom stereocenters. The van der Waals surface area contributed by atoms with E-state index in [0.717, 1.165) is 26.4 Å². The molecule has 108 valence electrons. The van der Waals surface area contributed by atoms with Gasteiger partial charge in [0.25, 0.3) is 0 Å². The summed E-state index contributed by atoms with van der Waals surface area (Å²) in [5, 5.41) is 12.3. The van der Waals surface area contributed by atoms with Gasteiger partial charge in [-0.15, -0.1) is 12.4 Å². The first-order chi connectivity index (χ1) is 9.66. The summed E-state index contributed by atoms with van der Waals surface area (Å²) < 4.78 is 0.977. The van der Waals surface area contributed by atoms with Crippen molar-refractivity contribution in [2.75, 3.05) is 0 Å². The summed E-state index contributed by atoms with van der Waals surface area (Å²) in [7, 11) is 0. The molecule has 0 amide bonds. The van der Waals surface area contributed by atoms with Gasteiger partial charge in [0.15, 0.2) is 0 Å². The first kappa shape index (κ1) is 15.8. The minimum atomic E-state index is -0.362. The van der Waals surface area contributed by atoms with Crippen LogP contribution in [0.4, 0.5) is 0 Å². The number of nitrogens with two attached hydrogens (primary N) is 1. The Bertz CT molecular complexity index is 776. The number of halogens is 2. The molecule has 0 aliphatic carbocycles. The molecule has 0 saturated carbocycles. The van der Waals surface area contributed by atoms with Crippen LogP contribution in [0.15, 0.2) is 65.1 Å². The van der Waals surface area contributed by atoms with E-state index in [1.807, 2.05) is 54.6 Å². The van der Waals surface area contributed by atoms with Crippen molar-refractivity contribution >= 4 is 39.1 Å². The monoisotopic (exact) mass is 363 g/mol. The lowest BCUT2D eigenvalue weighted by atomic mass is 9.93. The molecule has 0 heterocycles. The molecule has 3 rings (SSSR count). The molecular formula is C17H15BrClNO. The third-order valence-corrected chi connectivity index (χ3v) is 3.96. The predicted octanol–water partition coefficient (Wildman–Crippen LogP) is 4.78. The number of benzene rings is 3. The number of hydrogen-bond donors (Lipinski definition) is 2. The van der Waals surface area contributed by atoms with Gasteiger partial charge in [-0.1, -0.05) is 58.4 Å². The van der Waals surface area contributed by atoms with Crippen LogP contribution in [0.2, 0.25) is 0 Å². The molecule has 3 aromatic carbocycles. The highest BCUT2D eigenvalue weighted by molar-refractivity contribution is 9.10. The quantitative estimate of drug-likeness (QED) is 0.687. The van der Waals surface area contributed by atoms with Crippen molar-refractivity contribution in [1.82, 2.24) is 0 Å². The van der Waals surface area contributed by atoms with Crippen molar-refractivity contribution in [1.29, 1.82) is 0 Å². The van der Waals surface area contributed by atoms with Crippen LogP contribution in [0.25, 0.3) is 10.8 Å². The number of phenols is 1. The maximum Gasteiger partial charge on any atom is 0.121 e. The number of aromatic hydroxyl groups is 1. The lowest BCUT2D eigenvalue weighted by Gasteiger charge is -2.17. The van der Waals surface area contributed by atoms with Gasteiger partial charge in [-0.05, 0) is 34.5 Å². The lowest BCUT2D eigenvalue weighted by molar-refractivity contribution is 0.466. The van der Waals surface area contributed by atoms with Crippen LogP contribution in [0, 0.1) is 0 Å². The van der Waals surface area contributed by atoms with E-state index < -0.39 is 0 Å². The fourth-order valence-electron chi connectivity index (χ4n) is 2.48. The standard InChI is InChI=1S/C17H14BrNO.ClH/c18-13-6-3-5-12(10-13)17(19)16-14-7-2-1-4-11(14)8-9-15(16)20;/h1-10,17,20H,19H2;1H. The van der Waals surface area contributed by atoms with Crippen molar-refractivity contribution in [2.45, 2.75) is 6.04 Å². The van der Waals surface area contributed by atoms with Gasteiger partial charge in [0.1, 0.15) is 5.75 Å². The van der Waals surface area contributed by atoms with E-state index in [-0.39, 0.29) is 24.2 Å². The Hall–Kier alpha value is -1.55. The van der Waals surface area contributed by atoms with Crippen molar-refractivity contribution in [2.24, 2.45) is 5.73 Å². The third-order valence-electron chi connectivity index (χ3n) is 3.47. The summed E-state index contributed by atoms with van der Waals surface area (Å²) in [5.74, 6) is 0.233. The molecule has 4 heteroatoms. The zero-order chi connectivity index (χ0) is 14.1. The molecule has 2 nitrogen and oxygen atoms in total. The van der Waals surface area contributed by atoms with Crippen molar-refractivity contribution < 1.29 is 5.11 Å². The zero-order valence-corrected chi connectivity index (χ0v) is 13.6. The highest BCUT2D eigenvalue weighted by Gasteiger charge is 2.16. The number of rotatable bonds is 2. The van der Waals surface area contributed by atoms with Gasteiger partial charge in [0.2, 0.25) is 0 Å². The van der Waals surface area contributed by atoms with Crippen LogP contribution < -0.4 is 5.73 Å². The number of fused-ring (bicyclic) bond motifs is 1. The molecule has 0 aliphatic rings. The second kappa shape index (κ2) is 6.48. The van der Waals surface area contributed by atoms with Gasteiger partial charge in [-0.25, -0.2) is 0 Å². The van der Waals surface area contributed by atoms with E-state index in [2.05, 4.69) is 15.9 Å². The van der Waals surface area contributed by atoms with Gasteiger partial charge in [-0.2, -0.15) is 0 Å². The summed E-state index contributed by atoms with van der Waals surface area (Å²) >= 11 is 3.45. The molecule has 21 heavy (non-hydrogen) atoms. The average Bonchev–Trinajstić information content (AvgIpc) is 2.46. The van der Waals surface area contributed by atoms with Crippen LogP contribution in [0.5, 0.6) is 5.75 Å². The fourth-order valence-corrected chi connectivity index (χ4v) is 2.89. The highest BCUT2D eigenvalue weighted by atomic mass is 79.9. The van der Waals surface area contributed by atoms with Gasteiger partial charge in [0.05, 0.1) is 6.04 Å². The second-order valence-electron chi connectivity index (χ2n) is 4.75. The molecule has 0 spiro atoms. The first-order valence-electron chi connectivity index (χ1n) is 6.38. The molecular weight excluding hydrogens is 350 g/mol. The smallest absolute Gasteiger partial charge is 0.121 e. The van der Waals surface area contributed by atoms with Crippen molar-refractivity contribution in [3.8, 4) is 5.75 Å². The van der Waals surface area contributed by atoms with Crippen LogP contribution in [-0.2, 0) is 0 Å². The number of hydrogen-bond acceptors (Lipinski definition) is 2. The Labute approximate surface area is 138 Å². The molecule has 0 saturated heterocycles. The molecule has 3 N–H and O–H groups in total. The Morgan fingerprint density at radius 2 is 1.71 bits per heavy atom. The molecule has 0 fully saturated rings. The highest BCUT2D eigenvalue weighted by Crippen LogP contribution is 2.34. The van der Waals surface area contributed by atoms with Gasteiger partial charge in [-0.3, -0.25) is 0 Å². The van der Waals surface area contributed by atoms with Gasteiger partial charge >= 0.3 is 0 Å². The Morgan fingerprint density at radius 3 is 2.48 bits per heavy atom. The Morgan fingerprint density at radius 1 is 0.952 bits per heavy atom. The Kier molecular flexibility index (Phi) is 4.88. The van der Waals surface area contributed by atoms with E-state index in [0.29, 0.717) is 0 Å². The van der Waals surface area contributed by atoms with Gasteiger partial charge < -0.3 is 10.8 Å². The van der Waals surface area contributed by atoms with Crippen LogP contribution in [-0.4, -0.2) is 5.11 Å². The van der Waals surface area contributed by atoms with Crippen LogP contribution in [0.1, 0.15) is 17.2 Å². The minimum absolute atomic E-state index is 0. The molecule has 0 bridgehead atoms. The van der Waals surface area contributed by atoms with Crippen LogP contribution in [0.3, 0.4) is 0 Å². The molecule has 1 unspecified atom stereocenters. The van der Waals surface area contributed by atoms with Crippen molar-refractivity contribution in [3.05, 3.63) is 76.3 Å². The van der Waals surface area contributed by atoms with Gasteiger partial charge in [0, 0.05) is 10.0 Å². The summed E-state index contributed by atoms with van der Waals surface area (Å²) in [4.78, 5) is 0. The summed E-state index contributed by atoms with van der Waals surface area (Å²) in [6, 6.07) is 19.0. The third kappa shape index (κ3) is 3.05. The predicted molar refractivity (Wildman–Crippen MR) is 93.0 cm³/mol. The average molecular weight is 365 g/mol. The molecule has 0 aliphatic heterocycles. The summed E-state index contributed by atoms with van der Waals surface area (Å²) in [5.41, 5.74) is 8.10. The van der Waals surface area contributed by atoms with Crippen molar-refractivity contribution in [3.63, 3.8) is 0 Å². The fraction of sp³-hybridized carbons (Fsp3) is 0.0588.